The van der Waals surface area contributed by atoms with Gasteiger partial charge in [-0.2, -0.15) is 0 Å². The predicted molar refractivity (Wildman–Crippen MR) is 114 cm³/mol. The number of amides is 1. The summed E-state index contributed by atoms with van der Waals surface area (Å²) in [6.45, 7) is 7.23. The van der Waals surface area contributed by atoms with Crippen LogP contribution in [0.5, 0.6) is 0 Å². The highest BCUT2D eigenvalue weighted by Crippen LogP contribution is 2.26. The van der Waals surface area contributed by atoms with Gasteiger partial charge in [0.15, 0.2) is 5.96 Å². The van der Waals surface area contributed by atoms with Crippen LogP contribution in [0.15, 0.2) is 53.7 Å². The lowest BCUT2D eigenvalue weighted by Crippen LogP contribution is -2.40. The summed E-state index contributed by atoms with van der Waals surface area (Å²) in [7, 11) is 0. The number of aliphatic imine (C=N–C) groups is 1. The molecule has 28 heavy (non-hydrogen) atoms. The fourth-order valence-electron chi connectivity index (χ4n) is 3.39. The van der Waals surface area contributed by atoms with Crippen LogP contribution in [0.1, 0.15) is 36.8 Å². The highest BCUT2D eigenvalue weighted by molar-refractivity contribution is 5.90. The van der Waals surface area contributed by atoms with Gasteiger partial charge < -0.3 is 15.5 Å². The number of guanidine groups is 1. The molecule has 6 heteroatoms. The van der Waals surface area contributed by atoms with Gasteiger partial charge in [0.1, 0.15) is 5.82 Å². The molecule has 3 rings (SSSR count). The molecule has 1 saturated heterocycles. The number of benzene rings is 1. The van der Waals surface area contributed by atoms with Crippen molar-refractivity contribution in [2.45, 2.75) is 32.6 Å². The molecule has 2 aromatic rings. The number of rotatable bonds is 6. The zero-order chi connectivity index (χ0) is 19.8. The van der Waals surface area contributed by atoms with Crippen LogP contribution in [0.3, 0.4) is 0 Å². The minimum Gasteiger partial charge on any atom is -0.357 e. The number of hydrogen-bond donors (Lipinski definition) is 2. The number of likely N-dealkylation sites (tertiary alicyclic amines) is 1. The first-order valence-electron chi connectivity index (χ1n) is 9.96. The van der Waals surface area contributed by atoms with Crippen molar-refractivity contribution >= 4 is 17.7 Å². The Morgan fingerprint density at radius 3 is 2.79 bits per heavy atom. The summed E-state index contributed by atoms with van der Waals surface area (Å²) in [5.41, 5.74) is 2.45. The van der Waals surface area contributed by atoms with Crippen LogP contribution in [-0.4, -0.2) is 47.9 Å². The first-order chi connectivity index (χ1) is 13.7. The van der Waals surface area contributed by atoms with Crippen LogP contribution < -0.4 is 10.6 Å². The number of nitrogens with zero attached hydrogens (tertiary/aromatic N) is 3. The lowest BCUT2D eigenvalue weighted by Gasteiger charge is -2.21. The van der Waals surface area contributed by atoms with Crippen molar-refractivity contribution < 1.29 is 4.79 Å². The Morgan fingerprint density at radius 1 is 1.25 bits per heavy atom. The van der Waals surface area contributed by atoms with Crippen LogP contribution in [0.2, 0.25) is 0 Å². The van der Waals surface area contributed by atoms with E-state index in [2.05, 4.69) is 62.8 Å². The molecule has 1 amide bonds. The topological polar surface area (TPSA) is 69.6 Å². The van der Waals surface area contributed by atoms with Crippen molar-refractivity contribution in [1.82, 2.24) is 15.2 Å². The molecule has 0 saturated carbocycles. The van der Waals surface area contributed by atoms with E-state index in [1.807, 2.05) is 19.1 Å². The second-order valence-corrected chi connectivity index (χ2v) is 7.10. The normalized spacial score (nSPS) is 16.9. The van der Waals surface area contributed by atoms with Crippen molar-refractivity contribution in [3.8, 4) is 0 Å². The molecule has 2 heterocycles. The lowest BCUT2D eigenvalue weighted by atomic mass is 9.99. The van der Waals surface area contributed by atoms with Gasteiger partial charge in [-0.1, -0.05) is 36.4 Å². The molecule has 1 aromatic carbocycles. The Kier molecular flexibility index (Phi) is 7.00. The number of nitrogens with one attached hydrogen (secondary N) is 2. The molecular weight excluding hydrogens is 350 g/mol. The SMILES string of the molecule is CCNC(=NCCC(=O)Nc1ccc(C)cn1)N1CCC(c2ccccc2)C1. The van der Waals surface area contributed by atoms with Crippen LogP contribution >= 0.6 is 0 Å². The van der Waals surface area contributed by atoms with E-state index in [9.17, 15) is 4.79 Å². The average molecular weight is 380 g/mol. The van der Waals surface area contributed by atoms with Gasteiger partial charge in [-0.25, -0.2) is 4.98 Å². The Hall–Kier alpha value is -2.89. The van der Waals surface area contributed by atoms with Crippen LogP contribution in [0.4, 0.5) is 5.82 Å². The fourth-order valence-corrected chi connectivity index (χ4v) is 3.39. The number of pyridine rings is 1. The van der Waals surface area contributed by atoms with Crippen molar-refractivity contribution in [2.24, 2.45) is 4.99 Å². The summed E-state index contributed by atoms with van der Waals surface area (Å²) in [5.74, 6) is 1.93. The van der Waals surface area contributed by atoms with Gasteiger partial charge in [-0.05, 0) is 37.5 Å². The smallest absolute Gasteiger partial charge is 0.227 e. The minimum atomic E-state index is -0.0699. The third-order valence-corrected chi connectivity index (χ3v) is 4.87. The first-order valence-corrected chi connectivity index (χ1v) is 9.96. The third-order valence-electron chi connectivity index (χ3n) is 4.87. The Bertz CT molecular complexity index is 788. The van der Waals surface area contributed by atoms with Gasteiger partial charge in [0.05, 0.1) is 6.54 Å². The molecule has 2 N–H and O–H groups in total. The second-order valence-electron chi connectivity index (χ2n) is 7.10. The number of anilines is 1. The van der Waals surface area contributed by atoms with E-state index >= 15 is 0 Å². The maximum atomic E-state index is 12.1. The van der Waals surface area contributed by atoms with Crippen molar-refractivity contribution in [3.63, 3.8) is 0 Å². The largest absolute Gasteiger partial charge is 0.357 e. The Labute approximate surface area is 167 Å². The van der Waals surface area contributed by atoms with Gasteiger partial charge in [0.2, 0.25) is 5.91 Å². The quantitative estimate of drug-likeness (QED) is 0.597. The molecule has 1 aliphatic heterocycles. The first kappa shape index (κ1) is 19.9. The highest BCUT2D eigenvalue weighted by Gasteiger charge is 2.25. The van der Waals surface area contributed by atoms with Gasteiger partial charge >= 0.3 is 0 Å². The minimum absolute atomic E-state index is 0.0699. The number of carbonyl (C=O) groups excluding carboxylic acids is 1. The average Bonchev–Trinajstić information content (AvgIpc) is 3.20. The van der Waals surface area contributed by atoms with E-state index < -0.39 is 0 Å². The molecule has 0 aliphatic carbocycles. The van der Waals surface area contributed by atoms with Crippen LogP contribution in [0, 0.1) is 6.92 Å². The number of hydrogen-bond acceptors (Lipinski definition) is 3. The molecule has 0 bridgehead atoms. The van der Waals surface area contributed by atoms with Crippen LogP contribution in [-0.2, 0) is 4.79 Å². The molecule has 6 nitrogen and oxygen atoms in total. The van der Waals surface area contributed by atoms with E-state index in [0.29, 0.717) is 24.7 Å². The van der Waals surface area contributed by atoms with Gasteiger partial charge in [-0.3, -0.25) is 9.79 Å². The summed E-state index contributed by atoms with van der Waals surface area (Å²) in [6, 6.07) is 14.4. The molecule has 1 atom stereocenters. The fraction of sp³-hybridized carbons (Fsp3) is 0.409. The van der Waals surface area contributed by atoms with Crippen molar-refractivity contribution in [1.29, 1.82) is 0 Å². The molecule has 1 aromatic heterocycles. The van der Waals surface area contributed by atoms with Crippen molar-refractivity contribution in [3.05, 3.63) is 59.8 Å². The molecular formula is C22H29N5O. The monoisotopic (exact) mass is 379 g/mol. The maximum absolute atomic E-state index is 12.1. The number of carbonyl (C=O) groups is 1. The van der Waals surface area contributed by atoms with E-state index in [4.69, 9.17) is 0 Å². The summed E-state index contributed by atoms with van der Waals surface area (Å²) >= 11 is 0. The molecule has 0 radical (unpaired) electrons. The molecule has 1 fully saturated rings. The maximum Gasteiger partial charge on any atom is 0.227 e. The number of aromatic nitrogens is 1. The Morgan fingerprint density at radius 2 is 2.07 bits per heavy atom. The molecule has 148 valence electrons. The molecule has 0 spiro atoms. The third kappa shape index (κ3) is 5.55. The van der Waals surface area contributed by atoms with Crippen molar-refractivity contribution in [2.75, 3.05) is 31.5 Å². The van der Waals surface area contributed by atoms with Gasteiger partial charge in [0.25, 0.3) is 0 Å². The van der Waals surface area contributed by atoms with E-state index in [1.54, 1.807) is 6.20 Å². The van der Waals surface area contributed by atoms with Crippen LogP contribution in [0.25, 0.3) is 0 Å². The lowest BCUT2D eigenvalue weighted by molar-refractivity contribution is -0.116. The summed E-state index contributed by atoms with van der Waals surface area (Å²) < 4.78 is 0. The summed E-state index contributed by atoms with van der Waals surface area (Å²) in [5, 5.41) is 6.18. The van der Waals surface area contributed by atoms with E-state index in [-0.39, 0.29) is 5.91 Å². The highest BCUT2D eigenvalue weighted by atomic mass is 16.1. The van der Waals surface area contributed by atoms with E-state index in [0.717, 1.165) is 37.6 Å². The zero-order valence-electron chi connectivity index (χ0n) is 16.7. The summed E-state index contributed by atoms with van der Waals surface area (Å²) in [4.78, 5) is 23.3. The van der Waals surface area contributed by atoms with E-state index in [1.165, 1.54) is 5.56 Å². The zero-order valence-corrected chi connectivity index (χ0v) is 16.7. The standard InChI is InChI=1S/C22H29N5O/c1-3-23-22(27-14-12-19(16-27)18-7-5-4-6-8-18)24-13-11-21(28)26-20-10-9-17(2)15-25-20/h4-10,15,19H,3,11-14,16H2,1-2H3,(H,23,24)(H,25,26,28). The van der Waals surface area contributed by atoms with Gasteiger partial charge in [-0.15, -0.1) is 0 Å². The molecule has 1 unspecified atom stereocenters. The van der Waals surface area contributed by atoms with Gasteiger partial charge in [0, 0.05) is 38.2 Å². The predicted octanol–water partition coefficient (Wildman–Crippen LogP) is 3.17. The number of aryl methyl sites for hydroxylation is 1. The Balaban J connectivity index is 1.52. The second kappa shape index (κ2) is 9.88. The summed E-state index contributed by atoms with van der Waals surface area (Å²) in [6.07, 6.45) is 3.20. The molecule has 1 aliphatic rings.